The van der Waals surface area contributed by atoms with E-state index in [4.69, 9.17) is 9.15 Å². The summed E-state index contributed by atoms with van der Waals surface area (Å²) in [4.78, 5) is 28.0. The fourth-order valence-electron chi connectivity index (χ4n) is 4.77. The fourth-order valence-corrected chi connectivity index (χ4v) is 4.77. The van der Waals surface area contributed by atoms with E-state index in [1.165, 1.54) is 6.42 Å². The predicted molar refractivity (Wildman–Crippen MR) is 94.9 cm³/mol. The standard InChI is InChI=1S/C20H28N2O4/c23-18(21-13-16-9-6-12-25-16)17-14-26-20(10-4-1-5-11-20)22(17)19(24)15-7-2-3-8-15/h6,9,12,15,17H,1-5,7-8,10-11,13-14H2,(H,21,23). The average Bonchev–Trinajstić information content (AvgIpc) is 3.41. The van der Waals surface area contributed by atoms with Gasteiger partial charge in [-0.2, -0.15) is 0 Å². The van der Waals surface area contributed by atoms with Gasteiger partial charge in [-0.25, -0.2) is 0 Å². The van der Waals surface area contributed by atoms with Crippen LogP contribution in [0, 0.1) is 5.92 Å². The predicted octanol–water partition coefficient (Wildman–Crippen LogP) is 2.97. The molecular formula is C20H28N2O4. The van der Waals surface area contributed by atoms with Crippen LogP contribution in [0.3, 0.4) is 0 Å². The van der Waals surface area contributed by atoms with Crippen molar-refractivity contribution in [3.63, 3.8) is 0 Å². The summed E-state index contributed by atoms with van der Waals surface area (Å²) in [6.45, 7) is 0.628. The Morgan fingerprint density at radius 3 is 2.62 bits per heavy atom. The Balaban J connectivity index is 1.51. The first kappa shape index (κ1) is 17.6. The Morgan fingerprint density at radius 1 is 1.15 bits per heavy atom. The third-order valence-electron chi connectivity index (χ3n) is 6.16. The van der Waals surface area contributed by atoms with Crippen molar-refractivity contribution in [2.75, 3.05) is 6.61 Å². The van der Waals surface area contributed by atoms with Crippen molar-refractivity contribution in [2.45, 2.75) is 76.1 Å². The van der Waals surface area contributed by atoms with Crippen molar-refractivity contribution in [3.8, 4) is 0 Å². The fraction of sp³-hybridized carbons (Fsp3) is 0.700. The van der Waals surface area contributed by atoms with Gasteiger partial charge < -0.3 is 14.5 Å². The molecule has 0 aromatic carbocycles. The molecule has 3 aliphatic rings. The highest BCUT2D eigenvalue weighted by atomic mass is 16.5. The maximum Gasteiger partial charge on any atom is 0.245 e. The summed E-state index contributed by atoms with van der Waals surface area (Å²) < 4.78 is 11.5. The lowest BCUT2D eigenvalue weighted by molar-refractivity contribution is -0.163. The van der Waals surface area contributed by atoms with Crippen LogP contribution in [0.15, 0.2) is 22.8 Å². The summed E-state index contributed by atoms with van der Waals surface area (Å²) in [6, 6.07) is 3.10. The van der Waals surface area contributed by atoms with Gasteiger partial charge >= 0.3 is 0 Å². The van der Waals surface area contributed by atoms with Gasteiger partial charge in [0.1, 0.15) is 17.5 Å². The normalized spacial score (nSPS) is 25.7. The average molecular weight is 360 g/mol. The summed E-state index contributed by atoms with van der Waals surface area (Å²) in [5.41, 5.74) is -0.565. The van der Waals surface area contributed by atoms with E-state index in [2.05, 4.69) is 5.32 Å². The zero-order valence-corrected chi connectivity index (χ0v) is 15.2. The molecule has 1 atom stereocenters. The van der Waals surface area contributed by atoms with Crippen molar-refractivity contribution >= 4 is 11.8 Å². The smallest absolute Gasteiger partial charge is 0.245 e. The Hall–Kier alpha value is -1.82. The monoisotopic (exact) mass is 360 g/mol. The molecule has 1 aliphatic heterocycles. The number of nitrogens with zero attached hydrogens (tertiary/aromatic N) is 1. The molecule has 1 spiro atoms. The minimum absolute atomic E-state index is 0.0517. The number of nitrogens with one attached hydrogen (secondary N) is 1. The molecule has 142 valence electrons. The third-order valence-corrected chi connectivity index (χ3v) is 6.16. The molecule has 1 aromatic heterocycles. The zero-order chi connectivity index (χ0) is 18.0. The summed E-state index contributed by atoms with van der Waals surface area (Å²) in [5.74, 6) is 0.740. The number of hydrogen-bond donors (Lipinski definition) is 1. The van der Waals surface area contributed by atoms with E-state index in [0.29, 0.717) is 18.9 Å². The highest BCUT2D eigenvalue weighted by Gasteiger charge is 2.53. The zero-order valence-electron chi connectivity index (χ0n) is 15.2. The molecule has 1 aromatic rings. The maximum atomic E-state index is 13.3. The van der Waals surface area contributed by atoms with Crippen molar-refractivity contribution in [1.29, 1.82) is 0 Å². The molecule has 1 unspecified atom stereocenters. The number of ether oxygens (including phenoxy) is 1. The molecule has 6 nitrogen and oxygen atoms in total. The minimum atomic E-state index is -0.565. The largest absolute Gasteiger partial charge is 0.467 e. The second-order valence-corrected chi connectivity index (χ2v) is 7.82. The first-order valence-corrected chi connectivity index (χ1v) is 9.97. The Kier molecular flexibility index (Phi) is 5.02. The van der Waals surface area contributed by atoms with Gasteiger partial charge in [-0.1, -0.05) is 19.3 Å². The summed E-state index contributed by atoms with van der Waals surface area (Å²) in [6.07, 6.45) is 10.6. The van der Waals surface area contributed by atoms with Crippen molar-refractivity contribution in [3.05, 3.63) is 24.2 Å². The number of amides is 2. The molecule has 0 radical (unpaired) electrons. The quantitative estimate of drug-likeness (QED) is 0.896. The van der Waals surface area contributed by atoms with E-state index in [1.807, 2.05) is 11.0 Å². The highest BCUT2D eigenvalue weighted by Crippen LogP contribution is 2.42. The molecule has 2 heterocycles. The molecule has 4 rings (SSSR count). The first-order valence-electron chi connectivity index (χ1n) is 9.97. The summed E-state index contributed by atoms with van der Waals surface area (Å²) in [7, 11) is 0. The summed E-state index contributed by atoms with van der Waals surface area (Å²) >= 11 is 0. The minimum Gasteiger partial charge on any atom is -0.467 e. The molecule has 26 heavy (non-hydrogen) atoms. The van der Waals surface area contributed by atoms with Crippen LogP contribution in [0.5, 0.6) is 0 Å². The number of hydrogen-bond acceptors (Lipinski definition) is 4. The molecule has 1 saturated heterocycles. The van der Waals surface area contributed by atoms with Crippen LogP contribution < -0.4 is 5.32 Å². The van der Waals surface area contributed by atoms with Crippen LogP contribution in [0.2, 0.25) is 0 Å². The SMILES string of the molecule is O=C(NCc1ccco1)C1COC2(CCCCC2)N1C(=O)C1CCCC1. The molecule has 2 saturated carbocycles. The molecule has 1 N–H and O–H groups in total. The molecule has 2 aliphatic carbocycles. The van der Waals surface area contributed by atoms with E-state index < -0.39 is 11.8 Å². The molecular weight excluding hydrogens is 332 g/mol. The molecule has 6 heteroatoms. The van der Waals surface area contributed by atoms with Crippen LogP contribution >= 0.6 is 0 Å². The van der Waals surface area contributed by atoms with Crippen LogP contribution in [0.4, 0.5) is 0 Å². The Bertz CT molecular complexity index is 630. The van der Waals surface area contributed by atoms with Gasteiger partial charge in [0.25, 0.3) is 0 Å². The van der Waals surface area contributed by atoms with Crippen LogP contribution in [0.25, 0.3) is 0 Å². The van der Waals surface area contributed by atoms with Gasteiger partial charge in [0.2, 0.25) is 11.8 Å². The van der Waals surface area contributed by atoms with E-state index in [-0.39, 0.29) is 17.7 Å². The third kappa shape index (κ3) is 3.27. The van der Waals surface area contributed by atoms with Crippen LogP contribution in [-0.4, -0.2) is 35.1 Å². The van der Waals surface area contributed by atoms with E-state index in [0.717, 1.165) is 51.4 Å². The van der Waals surface area contributed by atoms with Crippen LogP contribution in [0.1, 0.15) is 63.5 Å². The second kappa shape index (κ2) is 7.43. The first-order chi connectivity index (χ1) is 12.7. The van der Waals surface area contributed by atoms with E-state index in [1.54, 1.807) is 12.3 Å². The van der Waals surface area contributed by atoms with E-state index in [9.17, 15) is 9.59 Å². The van der Waals surface area contributed by atoms with Gasteiger partial charge in [-0.15, -0.1) is 0 Å². The Labute approximate surface area is 154 Å². The Morgan fingerprint density at radius 2 is 1.92 bits per heavy atom. The molecule has 3 fully saturated rings. The number of carbonyl (C=O) groups is 2. The van der Waals surface area contributed by atoms with Gasteiger partial charge in [-0.3, -0.25) is 14.5 Å². The lowest BCUT2D eigenvalue weighted by atomic mass is 9.89. The van der Waals surface area contributed by atoms with Gasteiger partial charge in [0.05, 0.1) is 19.4 Å². The maximum absolute atomic E-state index is 13.3. The summed E-state index contributed by atoms with van der Waals surface area (Å²) in [5, 5.41) is 2.92. The van der Waals surface area contributed by atoms with Crippen molar-refractivity contribution < 1.29 is 18.7 Å². The second-order valence-electron chi connectivity index (χ2n) is 7.82. The van der Waals surface area contributed by atoms with Crippen LogP contribution in [-0.2, 0) is 20.9 Å². The molecule has 0 bridgehead atoms. The number of furan rings is 1. The number of carbonyl (C=O) groups excluding carboxylic acids is 2. The van der Waals surface area contributed by atoms with Gasteiger partial charge in [-0.05, 0) is 50.7 Å². The van der Waals surface area contributed by atoms with Crippen molar-refractivity contribution in [1.82, 2.24) is 10.2 Å². The topological polar surface area (TPSA) is 71.8 Å². The molecule has 2 amide bonds. The van der Waals surface area contributed by atoms with Gasteiger partial charge in [0.15, 0.2) is 0 Å². The van der Waals surface area contributed by atoms with E-state index >= 15 is 0 Å². The highest BCUT2D eigenvalue weighted by molar-refractivity contribution is 5.89. The number of rotatable bonds is 4. The van der Waals surface area contributed by atoms with Crippen molar-refractivity contribution in [2.24, 2.45) is 5.92 Å². The van der Waals surface area contributed by atoms with Gasteiger partial charge in [0, 0.05) is 5.92 Å². The lowest BCUT2D eigenvalue weighted by Gasteiger charge is -2.42. The lowest BCUT2D eigenvalue weighted by Crippen LogP contribution is -2.57.